The molecule has 0 spiro atoms. The topological polar surface area (TPSA) is 46.9 Å². The largest absolute Gasteiger partial charge is 0.352 e. The zero-order valence-electron chi connectivity index (χ0n) is 9.76. The van der Waals surface area contributed by atoms with Crippen molar-refractivity contribution in [3.63, 3.8) is 0 Å². The highest BCUT2D eigenvalue weighted by Crippen LogP contribution is 2.06. The molecule has 1 heterocycles. The van der Waals surface area contributed by atoms with Gasteiger partial charge in [-0.25, -0.2) is 4.98 Å². The Morgan fingerprint density at radius 2 is 2.12 bits per heavy atom. The van der Waals surface area contributed by atoms with Crippen molar-refractivity contribution in [3.8, 4) is 0 Å². The van der Waals surface area contributed by atoms with Crippen LogP contribution in [0.4, 0.5) is 0 Å². The lowest BCUT2D eigenvalue weighted by Crippen LogP contribution is -2.22. The van der Waals surface area contributed by atoms with Gasteiger partial charge in [0, 0.05) is 31.0 Å². The number of aromatic nitrogens is 2. The molecule has 0 radical (unpaired) electrons. The summed E-state index contributed by atoms with van der Waals surface area (Å²) in [6, 6.07) is 7.61. The van der Waals surface area contributed by atoms with Gasteiger partial charge >= 0.3 is 0 Å². The molecule has 1 amide bonds. The first-order valence-corrected chi connectivity index (χ1v) is 5.62. The number of rotatable bonds is 4. The van der Waals surface area contributed by atoms with Gasteiger partial charge < -0.3 is 9.88 Å². The first kappa shape index (κ1) is 11.4. The third kappa shape index (κ3) is 2.93. The van der Waals surface area contributed by atoms with Crippen molar-refractivity contribution in [3.05, 3.63) is 54.1 Å². The van der Waals surface area contributed by atoms with E-state index in [4.69, 9.17) is 0 Å². The van der Waals surface area contributed by atoms with Crippen LogP contribution in [0.1, 0.15) is 22.8 Å². The minimum atomic E-state index is -0.0262. The van der Waals surface area contributed by atoms with Crippen LogP contribution in [-0.2, 0) is 6.54 Å². The van der Waals surface area contributed by atoms with Gasteiger partial charge in [-0.05, 0) is 24.6 Å². The van der Waals surface area contributed by atoms with Crippen molar-refractivity contribution < 1.29 is 4.79 Å². The Balaban J connectivity index is 2.05. The van der Waals surface area contributed by atoms with Gasteiger partial charge in [-0.15, -0.1) is 0 Å². The molecular formula is C13H15N3O. The Bertz CT molecular complexity index is 474. The first-order valence-electron chi connectivity index (χ1n) is 5.62. The number of nitrogens with one attached hydrogen (secondary N) is 1. The smallest absolute Gasteiger partial charge is 0.251 e. The molecule has 17 heavy (non-hydrogen) atoms. The lowest BCUT2D eigenvalue weighted by molar-refractivity contribution is 0.0956. The number of carbonyl (C=O) groups excluding carboxylic acids is 1. The van der Waals surface area contributed by atoms with Gasteiger partial charge in [-0.2, -0.15) is 0 Å². The molecule has 0 atom stereocenters. The van der Waals surface area contributed by atoms with Crippen molar-refractivity contribution in [2.24, 2.45) is 0 Å². The number of amides is 1. The average molecular weight is 229 g/mol. The molecule has 88 valence electrons. The molecule has 2 aromatic rings. The zero-order valence-corrected chi connectivity index (χ0v) is 9.76. The highest BCUT2D eigenvalue weighted by atomic mass is 16.1. The Labute approximate surface area is 100 Å². The number of hydrogen-bond acceptors (Lipinski definition) is 2. The van der Waals surface area contributed by atoms with Gasteiger partial charge in [-0.3, -0.25) is 4.79 Å². The van der Waals surface area contributed by atoms with Crippen molar-refractivity contribution >= 4 is 5.91 Å². The van der Waals surface area contributed by atoms with Crippen LogP contribution in [0, 0.1) is 0 Å². The predicted octanol–water partition coefficient (Wildman–Crippen LogP) is 1.68. The van der Waals surface area contributed by atoms with Gasteiger partial charge in [0.2, 0.25) is 0 Å². The molecule has 0 unspecified atom stereocenters. The van der Waals surface area contributed by atoms with Gasteiger partial charge in [0.25, 0.3) is 5.91 Å². The minimum absolute atomic E-state index is 0.0262. The van der Waals surface area contributed by atoms with E-state index < -0.39 is 0 Å². The molecule has 0 fully saturated rings. The molecule has 1 aromatic carbocycles. The standard InChI is InChI=1S/C13H15N3O/c1-2-15-13(17)12-5-3-11(4-6-12)9-16-8-7-14-10-16/h3-8,10H,2,9H2,1H3,(H,15,17). The van der Waals surface area contributed by atoms with Crippen molar-refractivity contribution in [2.45, 2.75) is 13.5 Å². The maximum atomic E-state index is 11.5. The van der Waals surface area contributed by atoms with E-state index in [9.17, 15) is 4.79 Å². The van der Waals surface area contributed by atoms with Crippen molar-refractivity contribution in [1.29, 1.82) is 0 Å². The second-order valence-corrected chi connectivity index (χ2v) is 3.79. The molecule has 0 aliphatic carbocycles. The normalized spacial score (nSPS) is 10.2. The Morgan fingerprint density at radius 3 is 2.71 bits per heavy atom. The molecule has 0 aliphatic heterocycles. The fourth-order valence-electron chi connectivity index (χ4n) is 1.62. The summed E-state index contributed by atoms with van der Waals surface area (Å²) in [7, 11) is 0. The second-order valence-electron chi connectivity index (χ2n) is 3.79. The Morgan fingerprint density at radius 1 is 1.35 bits per heavy atom. The quantitative estimate of drug-likeness (QED) is 0.867. The number of nitrogens with zero attached hydrogens (tertiary/aromatic N) is 2. The summed E-state index contributed by atoms with van der Waals surface area (Å²) in [5, 5.41) is 2.77. The highest BCUT2D eigenvalue weighted by molar-refractivity contribution is 5.94. The van der Waals surface area contributed by atoms with Crippen LogP contribution in [0.25, 0.3) is 0 Å². The molecule has 0 bridgehead atoms. The summed E-state index contributed by atoms with van der Waals surface area (Å²) < 4.78 is 1.99. The predicted molar refractivity (Wildman–Crippen MR) is 65.8 cm³/mol. The molecule has 4 heteroatoms. The second kappa shape index (κ2) is 5.30. The Hall–Kier alpha value is -2.10. The fraction of sp³-hybridized carbons (Fsp3) is 0.231. The van der Waals surface area contributed by atoms with E-state index in [1.165, 1.54) is 0 Å². The summed E-state index contributed by atoms with van der Waals surface area (Å²) in [6.45, 7) is 3.33. The van der Waals surface area contributed by atoms with Crippen LogP contribution in [0.15, 0.2) is 43.0 Å². The third-order valence-electron chi connectivity index (χ3n) is 2.48. The van der Waals surface area contributed by atoms with Gasteiger partial charge in [-0.1, -0.05) is 12.1 Å². The maximum absolute atomic E-state index is 11.5. The SMILES string of the molecule is CCNC(=O)c1ccc(Cn2ccnc2)cc1. The fourth-order valence-corrected chi connectivity index (χ4v) is 1.62. The number of benzene rings is 1. The molecule has 0 aliphatic rings. The monoisotopic (exact) mass is 229 g/mol. The average Bonchev–Trinajstić information content (AvgIpc) is 2.83. The lowest BCUT2D eigenvalue weighted by Gasteiger charge is -2.05. The summed E-state index contributed by atoms with van der Waals surface area (Å²) in [4.78, 5) is 15.5. The van der Waals surface area contributed by atoms with Gasteiger partial charge in [0.1, 0.15) is 0 Å². The summed E-state index contributed by atoms with van der Waals surface area (Å²) in [6.07, 6.45) is 5.44. The van der Waals surface area contributed by atoms with Crippen LogP contribution < -0.4 is 5.32 Å². The molecule has 2 rings (SSSR count). The molecule has 1 aromatic heterocycles. The van der Waals surface area contributed by atoms with Crippen molar-refractivity contribution in [1.82, 2.24) is 14.9 Å². The molecule has 0 saturated carbocycles. The lowest BCUT2D eigenvalue weighted by atomic mass is 10.1. The number of hydrogen-bond donors (Lipinski definition) is 1. The van der Waals surface area contributed by atoms with E-state index in [2.05, 4.69) is 10.3 Å². The van der Waals surface area contributed by atoms with Crippen LogP contribution in [-0.4, -0.2) is 22.0 Å². The van der Waals surface area contributed by atoms with E-state index in [1.54, 1.807) is 12.5 Å². The highest BCUT2D eigenvalue weighted by Gasteiger charge is 2.03. The molecule has 1 N–H and O–H groups in total. The van der Waals surface area contributed by atoms with Gasteiger partial charge in [0.05, 0.1) is 6.33 Å². The minimum Gasteiger partial charge on any atom is -0.352 e. The van der Waals surface area contributed by atoms with E-state index in [0.29, 0.717) is 12.1 Å². The summed E-state index contributed by atoms with van der Waals surface area (Å²) >= 11 is 0. The van der Waals surface area contributed by atoms with Crippen LogP contribution >= 0.6 is 0 Å². The van der Waals surface area contributed by atoms with E-state index in [0.717, 1.165) is 12.1 Å². The van der Waals surface area contributed by atoms with Crippen LogP contribution in [0.2, 0.25) is 0 Å². The molecular weight excluding hydrogens is 214 g/mol. The number of carbonyl (C=O) groups is 1. The van der Waals surface area contributed by atoms with E-state index in [-0.39, 0.29) is 5.91 Å². The first-order chi connectivity index (χ1) is 8.29. The van der Waals surface area contributed by atoms with Crippen LogP contribution in [0.3, 0.4) is 0 Å². The van der Waals surface area contributed by atoms with E-state index >= 15 is 0 Å². The third-order valence-corrected chi connectivity index (χ3v) is 2.48. The molecule has 4 nitrogen and oxygen atoms in total. The van der Waals surface area contributed by atoms with Crippen molar-refractivity contribution in [2.75, 3.05) is 6.54 Å². The molecule has 0 saturated heterocycles. The Kier molecular flexibility index (Phi) is 3.55. The summed E-state index contributed by atoms with van der Waals surface area (Å²) in [5.41, 5.74) is 1.84. The van der Waals surface area contributed by atoms with Crippen LogP contribution in [0.5, 0.6) is 0 Å². The summed E-state index contributed by atoms with van der Waals surface area (Å²) in [5.74, 6) is -0.0262. The van der Waals surface area contributed by atoms with Gasteiger partial charge in [0.15, 0.2) is 0 Å². The number of imidazole rings is 1. The van der Waals surface area contributed by atoms with E-state index in [1.807, 2.05) is 42.0 Å². The zero-order chi connectivity index (χ0) is 12.1. The maximum Gasteiger partial charge on any atom is 0.251 e.